The van der Waals surface area contributed by atoms with E-state index in [1.165, 1.54) is 23.5 Å². The Kier molecular flexibility index (Phi) is 4.90. The zero-order valence-electron chi connectivity index (χ0n) is 15.3. The molecule has 2 aromatic rings. The fourth-order valence-electron chi connectivity index (χ4n) is 3.37. The second kappa shape index (κ2) is 7.66. The molecule has 1 aliphatic heterocycles. The van der Waals surface area contributed by atoms with Crippen LogP contribution in [0.15, 0.2) is 36.7 Å². The maximum absolute atomic E-state index is 12.7. The highest BCUT2D eigenvalue weighted by Crippen LogP contribution is 2.22. The van der Waals surface area contributed by atoms with Crippen LogP contribution in [0.25, 0.3) is 0 Å². The molecule has 1 saturated heterocycles. The van der Waals surface area contributed by atoms with Crippen molar-refractivity contribution in [1.82, 2.24) is 20.3 Å². The van der Waals surface area contributed by atoms with Crippen LogP contribution in [0.5, 0.6) is 0 Å². The number of benzene rings is 1. The minimum atomic E-state index is -1.11. The molecule has 4 rings (SSSR count). The van der Waals surface area contributed by atoms with Gasteiger partial charge in [0.05, 0.1) is 0 Å². The average Bonchev–Trinajstić information content (AvgIpc) is 3.25. The van der Waals surface area contributed by atoms with Crippen molar-refractivity contribution in [3.8, 4) is 0 Å². The molecule has 1 fully saturated rings. The number of amides is 4. The van der Waals surface area contributed by atoms with Crippen molar-refractivity contribution < 1.29 is 24.0 Å². The standard InChI is InChI=1S/C19H17N5O5/c25-14-5-6-15(26)24(14)29-19(28)23-17-16(20-7-8-21-17)18(27)22-13-9-11-3-1-2-4-12(11)10-13/h1-4,7-8,13H,5-6,9-10H2,(H,22,27)(H,21,23,28). The van der Waals surface area contributed by atoms with Crippen LogP contribution in [-0.2, 0) is 27.3 Å². The van der Waals surface area contributed by atoms with E-state index < -0.39 is 23.8 Å². The van der Waals surface area contributed by atoms with Gasteiger partial charge in [0, 0.05) is 31.3 Å². The third-order valence-corrected chi connectivity index (χ3v) is 4.70. The van der Waals surface area contributed by atoms with Crippen LogP contribution in [-0.4, -0.2) is 44.9 Å². The van der Waals surface area contributed by atoms with E-state index in [0.717, 1.165) is 0 Å². The lowest BCUT2D eigenvalue weighted by atomic mass is 10.1. The lowest BCUT2D eigenvalue weighted by Crippen LogP contribution is -2.37. The zero-order valence-corrected chi connectivity index (χ0v) is 15.3. The summed E-state index contributed by atoms with van der Waals surface area (Å²) in [7, 11) is 0. The number of nitrogens with one attached hydrogen (secondary N) is 2. The molecule has 0 unspecified atom stereocenters. The van der Waals surface area contributed by atoms with Gasteiger partial charge in [-0.15, -0.1) is 5.06 Å². The molecule has 148 valence electrons. The molecule has 1 aromatic heterocycles. The van der Waals surface area contributed by atoms with Gasteiger partial charge in [-0.1, -0.05) is 24.3 Å². The van der Waals surface area contributed by atoms with Gasteiger partial charge in [0.25, 0.3) is 17.7 Å². The molecule has 1 aromatic carbocycles. The van der Waals surface area contributed by atoms with Crippen molar-refractivity contribution >= 4 is 29.6 Å². The summed E-state index contributed by atoms with van der Waals surface area (Å²) in [5.74, 6) is -1.85. The molecule has 4 amide bonds. The molecule has 1 aliphatic carbocycles. The molecule has 0 bridgehead atoms. The summed E-state index contributed by atoms with van der Waals surface area (Å²) in [5.41, 5.74) is 2.26. The van der Waals surface area contributed by atoms with Gasteiger partial charge in [0.15, 0.2) is 11.5 Å². The van der Waals surface area contributed by atoms with Crippen LogP contribution in [0.1, 0.15) is 34.5 Å². The Morgan fingerprint density at radius 3 is 2.28 bits per heavy atom. The number of nitrogens with zero attached hydrogens (tertiary/aromatic N) is 3. The molecule has 0 radical (unpaired) electrons. The van der Waals surface area contributed by atoms with E-state index in [9.17, 15) is 19.2 Å². The Labute approximate surface area is 165 Å². The number of anilines is 1. The van der Waals surface area contributed by atoms with Gasteiger partial charge in [0.2, 0.25) is 0 Å². The maximum Gasteiger partial charge on any atom is 0.437 e. The summed E-state index contributed by atoms with van der Waals surface area (Å²) < 4.78 is 0. The minimum Gasteiger partial charge on any atom is -0.347 e. The van der Waals surface area contributed by atoms with Gasteiger partial charge in [-0.2, -0.15) is 0 Å². The number of carbonyl (C=O) groups excluding carboxylic acids is 4. The second-order valence-corrected chi connectivity index (χ2v) is 6.69. The van der Waals surface area contributed by atoms with Crippen LogP contribution in [0.2, 0.25) is 0 Å². The van der Waals surface area contributed by atoms with E-state index in [-0.39, 0.29) is 30.4 Å². The molecule has 2 N–H and O–H groups in total. The summed E-state index contributed by atoms with van der Waals surface area (Å²) in [4.78, 5) is 60.5. The lowest BCUT2D eigenvalue weighted by Gasteiger charge is -2.15. The van der Waals surface area contributed by atoms with Gasteiger partial charge < -0.3 is 10.2 Å². The molecule has 0 saturated carbocycles. The molecule has 29 heavy (non-hydrogen) atoms. The first kappa shape index (κ1) is 18.5. The first-order valence-corrected chi connectivity index (χ1v) is 9.04. The molecule has 10 nitrogen and oxygen atoms in total. The van der Waals surface area contributed by atoms with Gasteiger partial charge in [-0.25, -0.2) is 14.8 Å². The quantitative estimate of drug-likeness (QED) is 0.738. The molecule has 0 spiro atoms. The van der Waals surface area contributed by atoms with Gasteiger partial charge >= 0.3 is 6.09 Å². The smallest absolute Gasteiger partial charge is 0.347 e. The Balaban J connectivity index is 1.41. The van der Waals surface area contributed by atoms with E-state index in [4.69, 9.17) is 4.84 Å². The summed E-state index contributed by atoms with van der Waals surface area (Å²) in [6.45, 7) is 0. The number of imide groups is 1. The van der Waals surface area contributed by atoms with Crippen LogP contribution in [0, 0.1) is 0 Å². The molecule has 10 heteroatoms. The predicted octanol–water partition coefficient (Wildman–Crippen LogP) is 0.986. The zero-order chi connectivity index (χ0) is 20.4. The van der Waals surface area contributed by atoms with Crippen molar-refractivity contribution in [2.75, 3.05) is 5.32 Å². The number of hydrogen-bond acceptors (Lipinski definition) is 7. The van der Waals surface area contributed by atoms with Crippen molar-refractivity contribution in [2.24, 2.45) is 0 Å². The van der Waals surface area contributed by atoms with Crippen LogP contribution >= 0.6 is 0 Å². The first-order valence-electron chi connectivity index (χ1n) is 9.04. The normalized spacial score (nSPS) is 15.9. The molecular formula is C19H17N5O5. The predicted molar refractivity (Wildman–Crippen MR) is 98.3 cm³/mol. The van der Waals surface area contributed by atoms with Gasteiger partial charge in [-0.3, -0.25) is 19.7 Å². The SMILES string of the molecule is O=C(Nc1nccnc1C(=O)NC1Cc2ccccc2C1)ON1C(=O)CCC1=O. The van der Waals surface area contributed by atoms with Gasteiger partial charge in [0.1, 0.15) is 0 Å². The molecular weight excluding hydrogens is 378 g/mol. The highest BCUT2D eigenvalue weighted by molar-refractivity contribution is 6.03. The van der Waals surface area contributed by atoms with Crippen LogP contribution in [0.4, 0.5) is 10.6 Å². The Morgan fingerprint density at radius 1 is 1.00 bits per heavy atom. The van der Waals surface area contributed by atoms with E-state index in [1.807, 2.05) is 24.3 Å². The van der Waals surface area contributed by atoms with Crippen molar-refractivity contribution in [3.63, 3.8) is 0 Å². The topological polar surface area (TPSA) is 131 Å². The largest absolute Gasteiger partial charge is 0.437 e. The number of hydrogen-bond donors (Lipinski definition) is 2. The van der Waals surface area contributed by atoms with Crippen LogP contribution < -0.4 is 10.6 Å². The Morgan fingerprint density at radius 2 is 1.62 bits per heavy atom. The monoisotopic (exact) mass is 395 g/mol. The molecule has 2 heterocycles. The van der Waals surface area contributed by atoms with E-state index >= 15 is 0 Å². The van der Waals surface area contributed by atoms with Crippen molar-refractivity contribution in [3.05, 3.63) is 53.5 Å². The van der Waals surface area contributed by atoms with Crippen LogP contribution in [0.3, 0.4) is 0 Å². The summed E-state index contributed by atoms with van der Waals surface area (Å²) in [6, 6.07) is 7.85. The van der Waals surface area contributed by atoms with Crippen molar-refractivity contribution in [2.45, 2.75) is 31.7 Å². The number of fused-ring (bicyclic) bond motifs is 1. The fraction of sp³-hybridized carbons (Fsp3) is 0.263. The number of rotatable bonds is 4. The summed E-state index contributed by atoms with van der Waals surface area (Å²) in [6.07, 6.45) is 2.87. The Bertz CT molecular complexity index is 967. The first-order chi connectivity index (χ1) is 14.0. The molecule has 0 atom stereocenters. The fourth-order valence-corrected chi connectivity index (χ4v) is 3.37. The minimum absolute atomic E-state index is 0.0192. The number of hydroxylamine groups is 2. The number of aromatic nitrogens is 2. The molecule has 2 aliphatic rings. The number of carbonyl (C=O) groups is 4. The second-order valence-electron chi connectivity index (χ2n) is 6.69. The summed E-state index contributed by atoms with van der Waals surface area (Å²) >= 11 is 0. The van der Waals surface area contributed by atoms with Crippen molar-refractivity contribution in [1.29, 1.82) is 0 Å². The van der Waals surface area contributed by atoms with E-state index in [2.05, 4.69) is 20.6 Å². The van der Waals surface area contributed by atoms with E-state index in [0.29, 0.717) is 17.9 Å². The van der Waals surface area contributed by atoms with Gasteiger partial charge in [-0.05, 0) is 24.0 Å². The third kappa shape index (κ3) is 3.91. The summed E-state index contributed by atoms with van der Waals surface area (Å²) in [5, 5.41) is 5.55. The Hall–Kier alpha value is -3.82. The average molecular weight is 395 g/mol. The third-order valence-electron chi connectivity index (χ3n) is 4.70. The highest BCUT2D eigenvalue weighted by Gasteiger charge is 2.33. The highest BCUT2D eigenvalue weighted by atomic mass is 16.7. The maximum atomic E-state index is 12.7. The lowest BCUT2D eigenvalue weighted by molar-refractivity contribution is -0.170. The van der Waals surface area contributed by atoms with E-state index in [1.54, 1.807) is 0 Å².